The summed E-state index contributed by atoms with van der Waals surface area (Å²) >= 11 is 0. The van der Waals surface area contributed by atoms with E-state index in [-0.39, 0.29) is 17.7 Å². The van der Waals surface area contributed by atoms with Crippen LogP contribution in [-0.2, 0) is 21.3 Å². The number of benzene rings is 1. The van der Waals surface area contributed by atoms with E-state index in [2.05, 4.69) is 57.3 Å². The number of likely N-dealkylation sites (N-methyl/N-ethyl adjacent to an activating group) is 1. The Morgan fingerprint density at radius 1 is 1.05 bits per heavy atom. The zero-order valence-corrected chi connectivity index (χ0v) is 13.7. The fraction of sp³-hybridized carbons (Fsp3) is 0.647. The number of methoxy groups -OCH3 is 2. The minimum Gasteiger partial charge on any atom is -0.354 e. The predicted molar refractivity (Wildman–Crippen MR) is 84.1 cm³/mol. The molecule has 0 spiro atoms. The summed E-state index contributed by atoms with van der Waals surface area (Å²) in [6.45, 7) is 9.69. The maximum Gasteiger partial charge on any atom is 0.172 e. The summed E-state index contributed by atoms with van der Waals surface area (Å²) in [4.78, 5) is 0. The van der Waals surface area contributed by atoms with Crippen molar-refractivity contribution in [1.82, 2.24) is 5.32 Å². The SMILES string of the molecule is CCNC(Cc1ccc(C(C)(C)C)cc1)C(OC)OC. The zero-order chi connectivity index (χ0) is 15.2. The van der Waals surface area contributed by atoms with E-state index in [1.165, 1.54) is 11.1 Å². The lowest BCUT2D eigenvalue weighted by Crippen LogP contribution is -2.43. The quantitative estimate of drug-likeness (QED) is 0.778. The first-order valence-electron chi connectivity index (χ1n) is 7.30. The number of hydrogen-bond acceptors (Lipinski definition) is 3. The molecule has 1 N–H and O–H groups in total. The molecule has 1 rings (SSSR count). The van der Waals surface area contributed by atoms with Crippen molar-refractivity contribution in [3.8, 4) is 0 Å². The molecule has 1 unspecified atom stereocenters. The Balaban J connectivity index is 2.78. The van der Waals surface area contributed by atoms with E-state index in [1.807, 2.05) is 0 Å². The van der Waals surface area contributed by atoms with Crippen LogP contribution in [0.1, 0.15) is 38.8 Å². The van der Waals surface area contributed by atoms with Crippen molar-refractivity contribution < 1.29 is 9.47 Å². The van der Waals surface area contributed by atoms with Crippen LogP contribution in [0.2, 0.25) is 0 Å². The molecule has 0 aromatic heterocycles. The summed E-state index contributed by atoms with van der Waals surface area (Å²) < 4.78 is 10.8. The molecular formula is C17H29NO2. The molecule has 0 amide bonds. The van der Waals surface area contributed by atoms with Crippen LogP contribution >= 0.6 is 0 Å². The van der Waals surface area contributed by atoms with E-state index >= 15 is 0 Å². The van der Waals surface area contributed by atoms with Crippen LogP contribution in [0.4, 0.5) is 0 Å². The Labute approximate surface area is 123 Å². The van der Waals surface area contributed by atoms with E-state index in [9.17, 15) is 0 Å². The van der Waals surface area contributed by atoms with Crippen molar-refractivity contribution >= 4 is 0 Å². The highest BCUT2D eigenvalue weighted by molar-refractivity contribution is 5.28. The molecule has 0 fully saturated rings. The van der Waals surface area contributed by atoms with E-state index in [4.69, 9.17) is 9.47 Å². The van der Waals surface area contributed by atoms with Crippen molar-refractivity contribution in [2.24, 2.45) is 0 Å². The molecule has 3 nitrogen and oxygen atoms in total. The third-order valence-corrected chi connectivity index (χ3v) is 3.54. The molecule has 0 saturated heterocycles. The molecule has 0 bridgehead atoms. The van der Waals surface area contributed by atoms with Gasteiger partial charge >= 0.3 is 0 Å². The Hall–Kier alpha value is -0.900. The van der Waals surface area contributed by atoms with Gasteiger partial charge in [-0.2, -0.15) is 0 Å². The van der Waals surface area contributed by atoms with Crippen LogP contribution in [0.15, 0.2) is 24.3 Å². The number of nitrogens with one attached hydrogen (secondary N) is 1. The van der Waals surface area contributed by atoms with Crippen molar-refractivity contribution in [2.45, 2.75) is 51.9 Å². The molecule has 0 aliphatic heterocycles. The first-order valence-corrected chi connectivity index (χ1v) is 7.30. The number of rotatable bonds is 7. The third-order valence-electron chi connectivity index (χ3n) is 3.54. The van der Waals surface area contributed by atoms with E-state index < -0.39 is 0 Å². The first kappa shape index (κ1) is 17.2. The maximum atomic E-state index is 5.38. The molecule has 0 aliphatic rings. The highest BCUT2D eigenvalue weighted by atomic mass is 16.7. The largest absolute Gasteiger partial charge is 0.354 e. The molecule has 1 aromatic carbocycles. The first-order chi connectivity index (χ1) is 9.42. The summed E-state index contributed by atoms with van der Waals surface area (Å²) in [7, 11) is 3.36. The van der Waals surface area contributed by atoms with Gasteiger partial charge in [-0.1, -0.05) is 52.0 Å². The molecule has 0 radical (unpaired) electrons. The summed E-state index contributed by atoms with van der Waals surface area (Å²) in [5.41, 5.74) is 2.85. The van der Waals surface area contributed by atoms with Gasteiger partial charge in [-0.25, -0.2) is 0 Å². The van der Waals surface area contributed by atoms with Crippen LogP contribution in [0.5, 0.6) is 0 Å². The fourth-order valence-corrected chi connectivity index (χ4v) is 2.35. The predicted octanol–water partition coefficient (Wildman–Crippen LogP) is 3.12. The molecule has 0 saturated carbocycles. The Kier molecular flexibility index (Phi) is 6.66. The molecule has 0 aliphatic carbocycles. The van der Waals surface area contributed by atoms with Crippen LogP contribution in [-0.4, -0.2) is 33.1 Å². The molecule has 1 aromatic rings. The summed E-state index contributed by atoms with van der Waals surface area (Å²) in [6, 6.07) is 9.00. The monoisotopic (exact) mass is 279 g/mol. The van der Waals surface area contributed by atoms with Gasteiger partial charge in [-0.15, -0.1) is 0 Å². The molecule has 0 heterocycles. The average molecular weight is 279 g/mol. The van der Waals surface area contributed by atoms with Gasteiger partial charge in [0, 0.05) is 14.2 Å². The topological polar surface area (TPSA) is 30.5 Å². The molecule has 3 heteroatoms. The van der Waals surface area contributed by atoms with Crippen molar-refractivity contribution in [3.05, 3.63) is 35.4 Å². The smallest absolute Gasteiger partial charge is 0.172 e. The normalized spacial score (nSPS) is 13.8. The average Bonchev–Trinajstić information content (AvgIpc) is 2.40. The summed E-state index contributed by atoms with van der Waals surface area (Å²) in [5.74, 6) is 0. The second kappa shape index (κ2) is 7.77. The number of ether oxygens (including phenoxy) is 2. The van der Waals surface area contributed by atoms with Crippen molar-refractivity contribution in [1.29, 1.82) is 0 Å². The third kappa shape index (κ3) is 4.89. The lowest BCUT2D eigenvalue weighted by atomic mass is 9.86. The molecule has 1 atom stereocenters. The van der Waals surface area contributed by atoms with Crippen LogP contribution in [0.3, 0.4) is 0 Å². The molecular weight excluding hydrogens is 250 g/mol. The van der Waals surface area contributed by atoms with Gasteiger partial charge in [-0.05, 0) is 29.5 Å². The lowest BCUT2D eigenvalue weighted by molar-refractivity contribution is -0.122. The zero-order valence-electron chi connectivity index (χ0n) is 13.7. The maximum absolute atomic E-state index is 5.38. The van der Waals surface area contributed by atoms with E-state index in [0.717, 1.165) is 13.0 Å². The van der Waals surface area contributed by atoms with Gasteiger partial charge in [0.2, 0.25) is 0 Å². The van der Waals surface area contributed by atoms with Crippen molar-refractivity contribution in [2.75, 3.05) is 20.8 Å². The second-order valence-electron chi connectivity index (χ2n) is 6.16. The second-order valence-corrected chi connectivity index (χ2v) is 6.16. The minimum atomic E-state index is -0.225. The standard InChI is InChI=1S/C17H29NO2/c1-7-18-15(16(19-5)20-6)12-13-8-10-14(11-9-13)17(2,3)4/h8-11,15-16,18H,7,12H2,1-6H3. The Morgan fingerprint density at radius 3 is 2.00 bits per heavy atom. The number of hydrogen-bond donors (Lipinski definition) is 1. The highest BCUT2D eigenvalue weighted by Crippen LogP contribution is 2.22. The van der Waals surface area contributed by atoms with E-state index in [1.54, 1.807) is 14.2 Å². The summed E-state index contributed by atoms with van der Waals surface area (Å²) in [5, 5.41) is 3.43. The van der Waals surface area contributed by atoms with Gasteiger partial charge in [0.15, 0.2) is 6.29 Å². The van der Waals surface area contributed by atoms with Gasteiger partial charge in [0.05, 0.1) is 6.04 Å². The van der Waals surface area contributed by atoms with Gasteiger partial charge in [0.1, 0.15) is 0 Å². The highest BCUT2D eigenvalue weighted by Gasteiger charge is 2.20. The minimum absolute atomic E-state index is 0.162. The van der Waals surface area contributed by atoms with Crippen LogP contribution < -0.4 is 5.32 Å². The summed E-state index contributed by atoms with van der Waals surface area (Å²) in [6.07, 6.45) is 0.669. The van der Waals surface area contributed by atoms with Gasteiger partial charge in [0.25, 0.3) is 0 Å². The Morgan fingerprint density at radius 2 is 1.60 bits per heavy atom. The van der Waals surface area contributed by atoms with Crippen molar-refractivity contribution in [3.63, 3.8) is 0 Å². The van der Waals surface area contributed by atoms with Gasteiger partial charge < -0.3 is 14.8 Å². The molecule has 20 heavy (non-hydrogen) atoms. The Bertz CT molecular complexity index is 377. The van der Waals surface area contributed by atoms with E-state index in [0.29, 0.717) is 0 Å². The fourth-order valence-electron chi connectivity index (χ4n) is 2.35. The van der Waals surface area contributed by atoms with Crippen LogP contribution in [0, 0.1) is 0 Å². The van der Waals surface area contributed by atoms with Gasteiger partial charge in [-0.3, -0.25) is 0 Å². The molecule has 114 valence electrons. The lowest BCUT2D eigenvalue weighted by Gasteiger charge is -2.26. The van der Waals surface area contributed by atoms with Crippen LogP contribution in [0.25, 0.3) is 0 Å².